The van der Waals surface area contributed by atoms with Crippen molar-refractivity contribution in [2.75, 3.05) is 20.3 Å². The number of methoxy groups -OCH3 is 1. The second-order valence-electron chi connectivity index (χ2n) is 10.5. The van der Waals surface area contributed by atoms with Gasteiger partial charge < -0.3 is 18.6 Å². The summed E-state index contributed by atoms with van der Waals surface area (Å²) in [4.78, 5) is 12.0. The van der Waals surface area contributed by atoms with Gasteiger partial charge in [0.15, 0.2) is 14.6 Å². The fourth-order valence-corrected chi connectivity index (χ4v) is 5.78. The van der Waals surface area contributed by atoms with Gasteiger partial charge in [-0.2, -0.15) is 0 Å². The van der Waals surface area contributed by atoms with E-state index in [2.05, 4.69) is 39.9 Å². The second-order valence-corrected chi connectivity index (χ2v) is 15.3. The summed E-state index contributed by atoms with van der Waals surface area (Å²) in [5, 5.41) is 0.193. The molecule has 0 bridgehead atoms. The Balaban J connectivity index is 1.72. The van der Waals surface area contributed by atoms with Crippen molar-refractivity contribution in [2.24, 2.45) is 17.8 Å². The summed E-state index contributed by atoms with van der Waals surface area (Å²) in [6.45, 7) is 13.0. The van der Waals surface area contributed by atoms with Crippen molar-refractivity contribution in [1.29, 1.82) is 0 Å². The third-order valence-electron chi connectivity index (χ3n) is 7.64. The van der Waals surface area contributed by atoms with E-state index in [1.807, 2.05) is 0 Å². The molecular formula is C23H40O5Si. The van der Waals surface area contributed by atoms with Crippen LogP contribution in [0.25, 0.3) is 0 Å². The Bertz CT molecular complexity index is 603. The monoisotopic (exact) mass is 424 g/mol. The van der Waals surface area contributed by atoms with Crippen molar-refractivity contribution in [3.05, 3.63) is 11.6 Å². The first-order valence-corrected chi connectivity index (χ1v) is 14.2. The number of rotatable bonds is 6. The highest BCUT2D eigenvalue weighted by atomic mass is 28.4. The molecule has 6 heteroatoms. The molecule has 0 N–H and O–H groups in total. The highest BCUT2D eigenvalue weighted by Gasteiger charge is 2.48. The molecule has 0 spiro atoms. The van der Waals surface area contributed by atoms with E-state index in [1.54, 1.807) is 0 Å². The Morgan fingerprint density at radius 1 is 1.28 bits per heavy atom. The first-order chi connectivity index (χ1) is 13.6. The first kappa shape index (κ1) is 23.0. The number of fused-ring (bicyclic) bond motifs is 1. The van der Waals surface area contributed by atoms with Crippen LogP contribution < -0.4 is 0 Å². The average molecular weight is 425 g/mol. The van der Waals surface area contributed by atoms with E-state index < -0.39 is 8.32 Å². The Hall–Kier alpha value is -0.693. The Kier molecular flexibility index (Phi) is 7.30. The van der Waals surface area contributed by atoms with Crippen molar-refractivity contribution in [2.45, 2.75) is 89.8 Å². The highest BCUT2D eigenvalue weighted by Crippen LogP contribution is 2.48. The van der Waals surface area contributed by atoms with Crippen molar-refractivity contribution in [3.8, 4) is 0 Å². The van der Waals surface area contributed by atoms with Crippen molar-refractivity contribution in [1.82, 2.24) is 0 Å². The van der Waals surface area contributed by atoms with E-state index in [0.717, 1.165) is 50.9 Å². The van der Waals surface area contributed by atoms with E-state index >= 15 is 0 Å². The molecule has 2 unspecified atom stereocenters. The summed E-state index contributed by atoms with van der Waals surface area (Å²) >= 11 is 0. The lowest BCUT2D eigenvalue weighted by atomic mass is 9.78. The van der Waals surface area contributed by atoms with E-state index in [0.29, 0.717) is 17.8 Å². The number of ether oxygens (including phenoxy) is 3. The lowest BCUT2D eigenvalue weighted by Gasteiger charge is -2.39. The minimum absolute atomic E-state index is 0.0858. The number of allylic oxidation sites excluding steroid dienone is 1. The third-order valence-corrected chi connectivity index (χ3v) is 12.1. The topological polar surface area (TPSA) is 54.0 Å². The van der Waals surface area contributed by atoms with Gasteiger partial charge in [0.1, 0.15) is 0 Å². The summed E-state index contributed by atoms with van der Waals surface area (Å²) in [5.74, 6) is 1.13. The highest BCUT2D eigenvalue weighted by molar-refractivity contribution is 6.74. The zero-order valence-corrected chi connectivity index (χ0v) is 20.2. The Morgan fingerprint density at radius 3 is 2.66 bits per heavy atom. The summed E-state index contributed by atoms with van der Waals surface area (Å²) in [5.41, 5.74) is 0.826. The number of esters is 1. The van der Waals surface area contributed by atoms with Crippen LogP contribution in [0.5, 0.6) is 0 Å². The van der Waals surface area contributed by atoms with Gasteiger partial charge in [0.25, 0.3) is 0 Å². The van der Waals surface area contributed by atoms with Crippen molar-refractivity contribution in [3.63, 3.8) is 0 Å². The summed E-state index contributed by atoms with van der Waals surface area (Å²) in [7, 11) is -0.360. The number of carbonyl (C=O) groups is 1. The van der Waals surface area contributed by atoms with E-state index in [-0.39, 0.29) is 23.4 Å². The van der Waals surface area contributed by atoms with Crippen LogP contribution in [0.2, 0.25) is 18.1 Å². The number of carbonyl (C=O) groups excluding carboxylic acids is 1. The Morgan fingerprint density at radius 2 is 2.03 bits per heavy atom. The Labute approximate surface area is 177 Å². The van der Waals surface area contributed by atoms with Crippen molar-refractivity contribution < 1.29 is 23.4 Å². The molecule has 0 aromatic carbocycles. The molecule has 1 aliphatic heterocycles. The van der Waals surface area contributed by atoms with Gasteiger partial charge in [-0.25, -0.2) is 4.79 Å². The van der Waals surface area contributed by atoms with Crippen LogP contribution >= 0.6 is 0 Å². The average Bonchev–Trinajstić information content (AvgIpc) is 3.01. The molecule has 0 radical (unpaired) electrons. The molecule has 2 fully saturated rings. The van der Waals surface area contributed by atoms with Crippen LogP contribution in [0.4, 0.5) is 0 Å². The smallest absolute Gasteiger partial charge is 0.333 e. The molecule has 5 atom stereocenters. The standard InChI is InChI=1S/C23H40O5Si/c1-23(2,3)29(5,6)27-15-19-18-11-10-16(22(24)25-4)13-17(18)14-20(19)28-21-9-7-8-12-26-21/h10,17-21H,7-9,11-15H2,1-6H3/t17?,18-,19+,20+,21?/m0/s1. The molecule has 0 amide bonds. The molecule has 0 aromatic heterocycles. The lowest BCUT2D eigenvalue weighted by Crippen LogP contribution is -2.44. The molecule has 166 valence electrons. The SMILES string of the molecule is COC(=O)C1=CC[C@H]2C(C1)C[C@@H](OC1CCCCO1)[C@@H]2CO[Si](C)(C)C(C)(C)C. The third kappa shape index (κ3) is 5.33. The molecular weight excluding hydrogens is 384 g/mol. The molecule has 29 heavy (non-hydrogen) atoms. The van der Waals surface area contributed by atoms with Crippen LogP contribution in [0.3, 0.4) is 0 Å². The number of hydrogen-bond donors (Lipinski definition) is 0. The van der Waals surface area contributed by atoms with Gasteiger partial charge in [-0.05, 0) is 68.5 Å². The van der Waals surface area contributed by atoms with E-state index in [4.69, 9.17) is 18.6 Å². The van der Waals surface area contributed by atoms with Gasteiger partial charge in [-0.15, -0.1) is 0 Å². The van der Waals surface area contributed by atoms with Gasteiger partial charge in [0.2, 0.25) is 0 Å². The normalized spacial score (nSPS) is 33.2. The molecule has 1 heterocycles. The van der Waals surface area contributed by atoms with Crippen LogP contribution in [0.15, 0.2) is 11.6 Å². The molecule has 3 aliphatic rings. The molecule has 1 saturated carbocycles. The predicted molar refractivity (Wildman–Crippen MR) is 116 cm³/mol. The summed E-state index contributed by atoms with van der Waals surface area (Å²) < 4.78 is 24.0. The quantitative estimate of drug-likeness (QED) is 0.440. The minimum Gasteiger partial charge on any atom is -0.466 e. The summed E-state index contributed by atoms with van der Waals surface area (Å²) in [6, 6.07) is 0. The van der Waals surface area contributed by atoms with Gasteiger partial charge in [-0.1, -0.05) is 26.8 Å². The first-order valence-electron chi connectivity index (χ1n) is 11.3. The van der Waals surface area contributed by atoms with Crippen LogP contribution in [-0.4, -0.2) is 47.0 Å². The minimum atomic E-state index is -1.82. The molecule has 1 saturated heterocycles. The fourth-order valence-electron chi connectivity index (χ4n) is 4.74. The van der Waals surface area contributed by atoms with Crippen LogP contribution in [-0.2, 0) is 23.4 Å². The maximum Gasteiger partial charge on any atom is 0.333 e. The van der Waals surface area contributed by atoms with E-state index in [1.165, 1.54) is 13.5 Å². The molecule has 3 rings (SSSR count). The van der Waals surface area contributed by atoms with Gasteiger partial charge in [0.05, 0.1) is 13.2 Å². The summed E-state index contributed by atoms with van der Waals surface area (Å²) in [6.07, 6.45) is 8.10. The number of hydrogen-bond acceptors (Lipinski definition) is 5. The maximum absolute atomic E-state index is 12.0. The molecule has 5 nitrogen and oxygen atoms in total. The largest absolute Gasteiger partial charge is 0.466 e. The van der Waals surface area contributed by atoms with Gasteiger partial charge in [0, 0.05) is 24.7 Å². The van der Waals surface area contributed by atoms with Crippen LogP contribution in [0, 0.1) is 17.8 Å². The van der Waals surface area contributed by atoms with E-state index in [9.17, 15) is 4.79 Å². The van der Waals surface area contributed by atoms with Crippen molar-refractivity contribution >= 4 is 14.3 Å². The van der Waals surface area contributed by atoms with Crippen LogP contribution in [0.1, 0.15) is 59.3 Å². The maximum atomic E-state index is 12.0. The fraction of sp³-hybridized carbons (Fsp3) is 0.870. The zero-order chi connectivity index (χ0) is 21.2. The van der Waals surface area contributed by atoms with Gasteiger partial charge in [-0.3, -0.25) is 0 Å². The zero-order valence-electron chi connectivity index (χ0n) is 19.2. The molecule has 0 aromatic rings. The second kappa shape index (κ2) is 9.21. The predicted octanol–water partition coefficient (Wildman–Crippen LogP) is 5.07. The van der Waals surface area contributed by atoms with Gasteiger partial charge >= 0.3 is 5.97 Å². The molecule has 2 aliphatic carbocycles. The lowest BCUT2D eigenvalue weighted by molar-refractivity contribution is -0.197.